The summed E-state index contributed by atoms with van der Waals surface area (Å²) in [7, 11) is 0. The van der Waals surface area contributed by atoms with Crippen molar-refractivity contribution in [1.29, 1.82) is 0 Å². The first-order valence-electron chi connectivity index (χ1n) is 13.4. The van der Waals surface area contributed by atoms with Gasteiger partial charge in [0, 0.05) is 36.1 Å². The molecular weight excluding hydrogens is 624 g/mol. The Morgan fingerprint density at radius 2 is 1.49 bits per heavy atom. The zero-order valence-corrected chi connectivity index (χ0v) is 24.6. The summed E-state index contributed by atoms with van der Waals surface area (Å²) in [6, 6.07) is 13.1. The summed E-state index contributed by atoms with van der Waals surface area (Å²) in [5.41, 5.74) is 1.65. The van der Waals surface area contributed by atoms with Crippen LogP contribution in [-0.4, -0.2) is 28.5 Å². The predicted octanol–water partition coefficient (Wildman–Crippen LogP) is 8.54. The third kappa shape index (κ3) is 8.13. The molecule has 0 radical (unpaired) electrons. The van der Waals surface area contributed by atoms with Crippen LogP contribution in [0.5, 0.6) is 0 Å². The Labute approximate surface area is 259 Å². The largest absolute Gasteiger partial charge is 0.481 e. The van der Waals surface area contributed by atoms with E-state index in [1.54, 1.807) is 25.1 Å². The first kappa shape index (κ1) is 33.3. The number of carboxylic acids is 1. The lowest BCUT2D eigenvalue weighted by molar-refractivity contribution is -0.138. The number of carbonyl (C=O) groups excluding carboxylic acids is 1. The van der Waals surface area contributed by atoms with Crippen LogP contribution in [0, 0.1) is 13.8 Å². The summed E-state index contributed by atoms with van der Waals surface area (Å²) in [6.07, 6.45) is -8.12. The molecule has 1 amide bonds. The monoisotopic (exact) mass is 649 g/mol. The van der Waals surface area contributed by atoms with Gasteiger partial charge in [0.05, 0.1) is 22.6 Å². The van der Waals surface area contributed by atoms with Crippen molar-refractivity contribution in [3.8, 4) is 22.3 Å². The van der Waals surface area contributed by atoms with E-state index in [0.29, 0.717) is 39.1 Å². The van der Waals surface area contributed by atoms with E-state index >= 15 is 0 Å². The highest BCUT2D eigenvalue weighted by Crippen LogP contribution is 2.38. The Kier molecular flexibility index (Phi) is 9.76. The maximum absolute atomic E-state index is 13.7. The number of hydrogen-bond donors (Lipinski definition) is 3. The molecule has 4 rings (SSSR count). The highest BCUT2D eigenvalue weighted by molar-refractivity contribution is 6.33. The van der Waals surface area contributed by atoms with E-state index in [9.17, 15) is 35.9 Å². The van der Waals surface area contributed by atoms with Gasteiger partial charge in [-0.3, -0.25) is 14.6 Å². The lowest BCUT2D eigenvalue weighted by atomic mass is 9.93. The average Bonchev–Trinajstić information content (AvgIpc) is 2.95. The second-order valence-corrected chi connectivity index (χ2v) is 10.6. The van der Waals surface area contributed by atoms with Crippen LogP contribution in [0.4, 0.5) is 32.0 Å². The molecule has 3 aromatic carbocycles. The minimum atomic E-state index is -4.62. The molecule has 0 aliphatic heterocycles. The number of aromatic nitrogens is 1. The molecule has 0 saturated heterocycles. The number of aliphatic carboxylic acids is 1. The molecule has 0 atom stereocenters. The maximum atomic E-state index is 13.7. The summed E-state index contributed by atoms with van der Waals surface area (Å²) in [6.45, 7) is 3.05. The van der Waals surface area contributed by atoms with Crippen molar-refractivity contribution >= 4 is 29.2 Å². The van der Waals surface area contributed by atoms with E-state index in [0.717, 1.165) is 24.3 Å². The van der Waals surface area contributed by atoms with E-state index < -0.39 is 35.4 Å². The summed E-state index contributed by atoms with van der Waals surface area (Å²) in [4.78, 5) is 27.0. The van der Waals surface area contributed by atoms with Crippen LogP contribution >= 0.6 is 11.6 Å². The Balaban J connectivity index is 1.60. The fraction of sp³-hybridized carbons (Fsp3) is 0.219. The molecule has 6 nitrogen and oxygen atoms in total. The Morgan fingerprint density at radius 1 is 0.822 bits per heavy atom. The maximum Gasteiger partial charge on any atom is 0.416 e. The van der Waals surface area contributed by atoms with Crippen molar-refractivity contribution in [2.45, 2.75) is 39.2 Å². The predicted molar refractivity (Wildman–Crippen MR) is 158 cm³/mol. The van der Waals surface area contributed by atoms with E-state index in [-0.39, 0.29) is 35.8 Å². The Bertz CT molecular complexity index is 1740. The van der Waals surface area contributed by atoms with Crippen molar-refractivity contribution in [2.75, 3.05) is 11.9 Å². The highest BCUT2D eigenvalue weighted by atomic mass is 35.5. The quantitative estimate of drug-likeness (QED) is 0.158. The lowest BCUT2D eigenvalue weighted by Crippen LogP contribution is -2.26. The summed E-state index contributed by atoms with van der Waals surface area (Å²) < 4.78 is 80.5. The molecule has 0 fully saturated rings. The van der Waals surface area contributed by atoms with Gasteiger partial charge in [-0.2, -0.15) is 26.3 Å². The van der Waals surface area contributed by atoms with E-state index in [1.807, 2.05) is 0 Å². The summed E-state index contributed by atoms with van der Waals surface area (Å²) in [5.74, 6) is -1.72. The smallest absolute Gasteiger partial charge is 0.416 e. The standard InChI is InChI=1S/C32H26ClF6N3O3/c1-17-11-20(31(34,35)36)4-6-23(17)24-7-5-22(14-27(24)33)41-16-26-18(2)12-21(32(37,38)39)13-25(26)19-3-8-28(42-15-19)30(45)40-10-9-29(43)44/h3-8,11-15,41H,9-10,16H2,1-2H3,(H,40,45)(H,43,44). The number of hydrogen-bond acceptors (Lipinski definition) is 4. The minimum absolute atomic E-state index is 0.0365. The summed E-state index contributed by atoms with van der Waals surface area (Å²) in [5, 5.41) is 14.5. The van der Waals surface area contributed by atoms with Gasteiger partial charge in [0.1, 0.15) is 5.69 Å². The van der Waals surface area contributed by atoms with E-state index in [1.165, 1.54) is 31.3 Å². The zero-order valence-electron chi connectivity index (χ0n) is 23.8. The number of halogens is 7. The molecule has 3 N–H and O–H groups in total. The minimum Gasteiger partial charge on any atom is -0.481 e. The van der Waals surface area contributed by atoms with Crippen molar-refractivity contribution in [2.24, 2.45) is 0 Å². The van der Waals surface area contributed by atoms with Gasteiger partial charge in [0.2, 0.25) is 0 Å². The van der Waals surface area contributed by atoms with Crippen molar-refractivity contribution in [3.63, 3.8) is 0 Å². The lowest BCUT2D eigenvalue weighted by Gasteiger charge is -2.19. The number of anilines is 1. The Hall–Kier alpha value is -4.58. The highest BCUT2D eigenvalue weighted by Gasteiger charge is 2.32. The van der Waals surface area contributed by atoms with Gasteiger partial charge in [-0.15, -0.1) is 0 Å². The van der Waals surface area contributed by atoms with Crippen LogP contribution in [0.1, 0.15) is 44.7 Å². The van der Waals surface area contributed by atoms with Crippen LogP contribution in [0.25, 0.3) is 22.3 Å². The molecule has 45 heavy (non-hydrogen) atoms. The number of nitrogens with one attached hydrogen (secondary N) is 2. The molecule has 0 bridgehead atoms. The number of rotatable bonds is 9. The van der Waals surface area contributed by atoms with Gasteiger partial charge in [-0.25, -0.2) is 0 Å². The van der Waals surface area contributed by atoms with Crippen molar-refractivity contribution in [3.05, 3.63) is 105 Å². The number of benzene rings is 3. The second-order valence-electron chi connectivity index (χ2n) is 10.2. The van der Waals surface area contributed by atoms with E-state index in [4.69, 9.17) is 16.7 Å². The van der Waals surface area contributed by atoms with Gasteiger partial charge < -0.3 is 15.7 Å². The normalized spacial score (nSPS) is 11.8. The molecule has 13 heteroatoms. The molecule has 0 spiro atoms. The van der Waals surface area contributed by atoms with Gasteiger partial charge in [-0.05, 0) is 84.1 Å². The SMILES string of the molecule is Cc1cc(C(F)(F)F)ccc1-c1ccc(NCc2c(C)cc(C(F)(F)F)cc2-c2ccc(C(=O)NCCC(=O)O)nc2)cc1Cl. The number of carboxylic acid groups (broad SMARTS) is 1. The molecule has 0 aliphatic carbocycles. The topological polar surface area (TPSA) is 91.3 Å². The number of aryl methyl sites for hydroxylation is 2. The van der Waals surface area contributed by atoms with Crippen molar-refractivity contribution < 1.29 is 41.0 Å². The first-order valence-corrected chi connectivity index (χ1v) is 13.8. The van der Waals surface area contributed by atoms with Gasteiger partial charge >= 0.3 is 18.3 Å². The van der Waals surface area contributed by atoms with Gasteiger partial charge in [0.15, 0.2) is 0 Å². The second kappa shape index (κ2) is 13.2. The molecular formula is C32H26ClF6N3O3. The van der Waals surface area contributed by atoms with Crippen LogP contribution in [-0.2, 0) is 23.7 Å². The molecule has 0 saturated carbocycles. The number of alkyl halides is 6. The van der Waals surface area contributed by atoms with Crippen LogP contribution in [0.2, 0.25) is 5.02 Å². The van der Waals surface area contributed by atoms with Crippen LogP contribution in [0.15, 0.2) is 66.9 Å². The molecule has 0 aliphatic rings. The average molecular weight is 650 g/mol. The third-order valence-corrected chi connectivity index (χ3v) is 7.33. The number of nitrogens with zero attached hydrogens (tertiary/aromatic N) is 1. The zero-order chi connectivity index (χ0) is 33.1. The first-order chi connectivity index (χ1) is 21.0. The van der Waals surface area contributed by atoms with Crippen LogP contribution in [0.3, 0.4) is 0 Å². The molecule has 1 aromatic heterocycles. The molecule has 0 unspecified atom stereocenters. The molecule has 4 aromatic rings. The fourth-order valence-electron chi connectivity index (χ4n) is 4.71. The number of pyridine rings is 1. The van der Waals surface area contributed by atoms with Crippen molar-refractivity contribution in [1.82, 2.24) is 10.3 Å². The van der Waals surface area contributed by atoms with E-state index in [2.05, 4.69) is 15.6 Å². The number of amides is 1. The molecule has 236 valence electrons. The fourth-order valence-corrected chi connectivity index (χ4v) is 4.99. The number of carbonyl (C=O) groups is 2. The third-order valence-electron chi connectivity index (χ3n) is 7.01. The van der Waals surface area contributed by atoms with Crippen LogP contribution < -0.4 is 10.6 Å². The molecule has 1 heterocycles. The summed E-state index contributed by atoms with van der Waals surface area (Å²) >= 11 is 6.51. The van der Waals surface area contributed by atoms with Gasteiger partial charge in [0.25, 0.3) is 5.91 Å². The van der Waals surface area contributed by atoms with Gasteiger partial charge in [-0.1, -0.05) is 29.8 Å². The Morgan fingerprint density at radius 3 is 2.07 bits per heavy atom.